The quantitative estimate of drug-likeness (QED) is 0.249. The molecule has 11 nitrogen and oxygen atoms in total. The normalized spacial score (nSPS) is 16.2. The highest BCUT2D eigenvalue weighted by atomic mass is 16.6. The van der Waals surface area contributed by atoms with Gasteiger partial charge in [-0.1, -0.05) is 0 Å². The van der Waals surface area contributed by atoms with Crippen LogP contribution in [0, 0.1) is 0 Å². The van der Waals surface area contributed by atoms with E-state index in [4.69, 9.17) is 20.1 Å². The van der Waals surface area contributed by atoms with Crippen molar-refractivity contribution in [2.24, 2.45) is 0 Å². The van der Waals surface area contributed by atoms with E-state index in [1.54, 1.807) is 0 Å². The molecule has 162 valence electrons. The van der Waals surface area contributed by atoms with Crippen molar-refractivity contribution >= 4 is 17.9 Å². The van der Waals surface area contributed by atoms with Crippen molar-refractivity contribution in [3.63, 3.8) is 0 Å². The molecule has 0 saturated heterocycles. The maximum absolute atomic E-state index is 12.0. The SMILES string of the molecule is CC(O)COC(=O)C(O)c1cc(C(O)C(=O)O)cc(C(O)C(=O)OC(C)CO)c1. The third kappa shape index (κ3) is 7.07. The number of ether oxygens (including phenoxy) is 2. The average Bonchev–Trinajstić information content (AvgIpc) is 2.69. The summed E-state index contributed by atoms with van der Waals surface area (Å²) in [6, 6.07) is 3.01. The number of carboxylic acid groups (broad SMARTS) is 1. The zero-order valence-corrected chi connectivity index (χ0v) is 15.8. The second kappa shape index (κ2) is 10.8. The summed E-state index contributed by atoms with van der Waals surface area (Å²) in [6.45, 7) is 1.79. The Bertz CT molecular complexity index is 731. The number of rotatable bonds is 10. The summed E-state index contributed by atoms with van der Waals surface area (Å²) in [4.78, 5) is 35.0. The Kier molecular flexibility index (Phi) is 9.14. The van der Waals surface area contributed by atoms with Crippen LogP contribution in [0.4, 0.5) is 0 Å². The third-order valence-electron chi connectivity index (χ3n) is 3.67. The lowest BCUT2D eigenvalue weighted by molar-refractivity contribution is -0.160. The number of hydrogen-bond acceptors (Lipinski definition) is 10. The third-order valence-corrected chi connectivity index (χ3v) is 3.67. The highest BCUT2D eigenvalue weighted by molar-refractivity contribution is 5.79. The fraction of sp³-hybridized carbons (Fsp3) is 0.500. The molecule has 0 saturated carbocycles. The predicted octanol–water partition coefficient (Wildman–Crippen LogP) is -1.28. The summed E-state index contributed by atoms with van der Waals surface area (Å²) < 4.78 is 9.46. The zero-order chi connectivity index (χ0) is 22.3. The smallest absolute Gasteiger partial charge is 0.339 e. The highest BCUT2D eigenvalue weighted by Gasteiger charge is 2.28. The Hall–Kier alpha value is -2.57. The average molecular weight is 416 g/mol. The molecular weight excluding hydrogens is 392 g/mol. The molecule has 11 heteroatoms. The van der Waals surface area contributed by atoms with E-state index in [1.165, 1.54) is 13.8 Å². The number of benzene rings is 1. The van der Waals surface area contributed by atoms with Crippen molar-refractivity contribution < 1.29 is 54.5 Å². The van der Waals surface area contributed by atoms with Gasteiger partial charge >= 0.3 is 17.9 Å². The van der Waals surface area contributed by atoms with Gasteiger partial charge in [0.15, 0.2) is 18.3 Å². The molecule has 0 aliphatic heterocycles. The number of aliphatic hydroxyl groups is 5. The molecule has 0 heterocycles. The summed E-state index contributed by atoms with van der Waals surface area (Å²) in [5.74, 6) is -4.00. The molecule has 0 aromatic heterocycles. The van der Waals surface area contributed by atoms with Gasteiger partial charge in [-0.25, -0.2) is 14.4 Å². The molecule has 0 aliphatic rings. The van der Waals surface area contributed by atoms with Crippen molar-refractivity contribution in [2.75, 3.05) is 13.2 Å². The number of esters is 2. The summed E-state index contributed by atoms with van der Waals surface area (Å²) in [5, 5.41) is 57.2. The minimum Gasteiger partial charge on any atom is -0.479 e. The lowest BCUT2D eigenvalue weighted by atomic mass is 9.96. The first kappa shape index (κ1) is 24.5. The molecule has 1 aromatic carbocycles. The first-order valence-corrected chi connectivity index (χ1v) is 8.55. The molecular formula is C18H24O11. The molecule has 5 atom stereocenters. The van der Waals surface area contributed by atoms with Crippen LogP contribution in [0.5, 0.6) is 0 Å². The maximum Gasteiger partial charge on any atom is 0.339 e. The Labute approximate surface area is 165 Å². The van der Waals surface area contributed by atoms with Crippen LogP contribution in [-0.2, 0) is 23.9 Å². The minimum atomic E-state index is -2.08. The van der Waals surface area contributed by atoms with E-state index in [0.29, 0.717) is 0 Å². The topological polar surface area (TPSA) is 191 Å². The van der Waals surface area contributed by atoms with Gasteiger partial charge in [0.1, 0.15) is 12.7 Å². The second-order valence-corrected chi connectivity index (χ2v) is 6.39. The number of carbonyl (C=O) groups is 3. The largest absolute Gasteiger partial charge is 0.479 e. The van der Waals surface area contributed by atoms with Crippen LogP contribution in [0.15, 0.2) is 18.2 Å². The van der Waals surface area contributed by atoms with Crippen LogP contribution in [0.1, 0.15) is 48.8 Å². The molecule has 0 radical (unpaired) electrons. The van der Waals surface area contributed by atoms with Crippen LogP contribution in [-0.4, -0.2) is 74.0 Å². The summed E-state index contributed by atoms with van der Waals surface area (Å²) in [5.41, 5.74) is -0.861. The molecule has 0 aliphatic carbocycles. The van der Waals surface area contributed by atoms with E-state index >= 15 is 0 Å². The molecule has 1 aromatic rings. The van der Waals surface area contributed by atoms with E-state index in [9.17, 15) is 29.7 Å². The summed E-state index contributed by atoms with van der Waals surface area (Å²) >= 11 is 0. The van der Waals surface area contributed by atoms with E-state index < -0.39 is 61.6 Å². The van der Waals surface area contributed by atoms with Crippen LogP contribution in [0.25, 0.3) is 0 Å². The number of aliphatic carboxylic acids is 1. The first-order valence-electron chi connectivity index (χ1n) is 8.55. The van der Waals surface area contributed by atoms with Crippen LogP contribution in [0.3, 0.4) is 0 Å². The fourth-order valence-electron chi connectivity index (χ4n) is 2.17. The van der Waals surface area contributed by atoms with Crippen LogP contribution < -0.4 is 0 Å². The molecule has 0 spiro atoms. The first-order chi connectivity index (χ1) is 13.5. The molecule has 1 rings (SSSR count). The maximum atomic E-state index is 12.0. The highest BCUT2D eigenvalue weighted by Crippen LogP contribution is 2.27. The van der Waals surface area contributed by atoms with Gasteiger partial charge in [-0.3, -0.25) is 0 Å². The van der Waals surface area contributed by atoms with Gasteiger partial charge < -0.3 is 40.1 Å². The molecule has 0 amide bonds. The van der Waals surface area contributed by atoms with Crippen molar-refractivity contribution in [1.29, 1.82) is 0 Å². The molecule has 6 N–H and O–H groups in total. The van der Waals surface area contributed by atoms with Gasteiger partial charge in [0.2, 0.25) is 0 Å². The van der Waals surface area contributed by atoms with Gasteiger partial charge in [-0.15, -0.1) is 0 Å². The molecule has 29 heavy (non-hydrogen) atoms. The second-order valence-electron chi connectivity index (χ2n) is 6.39. The Balaban J connectivity index is 3.27. The van der Waals surface area contributed by atoms with Crippen molar-refractivity contribution in [2.45, 2.75) is 44.4 Å². The van der Waals surface area contributed by atoms with Crippen molar-refractivity contribution in [1.82, 2.24) is 0 Å². The van der Waals surface area contributed by atoms with E-state index in [1.807, 2.05) is 0 Å². The van der Waals surface area contributed by atoms with Gasteiger partial charge in [0, 0.05) is 0 Å². The summed E-state index contributed by atoms with van der Waals surface area (Å²) in [7, 11) is 0. The van der Waals surface area contributed by atoms with Crippen molar-refractivity contribution in [3.05, 3.63) is 34.9 Å². The summed E-state index contributed by atoms with van der Waals surface area (Å²) in [6.07, 6.45) is -7.90. The van der Waals surface area contributed by atoms with Gasteiger partial charge in [-0.2, -0.15) is 0 Å². The van der Waals surface area contributed by atoms with Crippen molar-refractivity contribution in [3.8, 4) is 0 Å². The lowest BCUT2D eigenvalue weighted by Gasteiger charge is -2.19. The predicted molar refractivity (Wildman–Crippen MR) is 94.2 cm³/mol. The molecule has 5 unspecified atom stereocenters. The number of carboxylic acids is 1. The Morgan fingerprint density at radius 1 is 0.862 bits per heavy atom. The van der Waals surface area contributed by atoms with Gasteiger partial charge in [-0.05, 0) is 48.7 Å². The van der Waals surface area contributed by atoms with Crippen LogP contribution in [0.2, 0.25) is 0 Å². The Morgan fingerprint density at radius 3 is 1.72 bits per heavy atom. The number of aliphatic hydroxyl groups excluding tert-OH is 5. The van der Waals surface area contributed by atoms with Gasteiger partial charge in [0.25, 0.3) is 0 Å². The minimum absolute atomic E-state index is 0.268. The standard InChI is InChI=1S/C18H24O11/c1-8(20)7-28-17(26)14(22)11-3-10(13(21)16(24)25)4-12(5-11)15(23)18(27)29-9(2)6-19/h3-5,8-9,13-15,19-23H,6-7H2,1-2H3,(H,24,25). The lowest BCUT2D eigenvalue weighted by Crippen LogP contribution is -2.24. The number of hydrogen-bond donors (Lipinski definition) is 6. The number of carbonyl (C=O) groups excluding carboxylic acids is 2. The van der Waals surface area contributed by atoms with Gasteiger partial charge in [0.05, 0.1) is 12.7 Å². The fourth-order valence-corrected chi connectivity index (χ4v) is 2.17. The van der Waals surface area contributed by atoms with Crippen LogP contribution >= 0.6 is 0 Å². The molecule has 0 bridgehead atoms. The molecule has 0 fully saturated rings. The zero-order valence-electron chi connectivity index (χ0n) is 15.8. The van der Waals surface area contributed by atoms with E-state index in [0.717, 1.165) is 18.2 Å². The van der Waals surface area contributed by atoms with E-state index in [-0.39, 0.29) is 16.7 Å². The van der Waals surface area contributed by atoms with E-state index in [2.05, 4.69) is 4.74 Å². The monoisotopic (exact) mass is 416 g/mol. The Morgan fingerprint density at radius 2 is 1.31 bits per heavy atom.